The maximum absolute atomic E-state index is 13.3. The Balaban J connectivity index is 1.85. The Labute approximate surface area is 216 Å². The number of urea groups is 1. The SMILES string of the molecule is CC[C@@H](NC(=O)N1CC(=O)NC[C@H](Cc2cc(Cl)ccc2OC)C1=O)c1ccc(C(=O)O)c([N+](=O)[O-])c1. The number of imide groups is 1. The molecule has 4 amide bonds. The zero-order valence-corrected chi connectivity index (χ0v) is 20.8. The van der Waals surface area contributed by atoms with Gasteiger partial charge in [-0.25, -0.2) is 9.59 Å². The molecule has 3 rings (SSSR count). The van der Waals surface area contributed by atoms with Crippen LogP contribution in [0.5, 0.6) is 5.75 Å². The van der Waals surface area contributed by atoms with Gasteiger partial charge in [-0.05, 0) is 48.2 Å². The van der Waals surface area contributed by atoms with Gasteiger partial charge in [0.15, 0.2) is 0 Å². The Morgan fingerprint density at radius 3 is 2.65 bits per heavy atom. The fourth-order valence-corrected chi connectivity index (χ4v) is 4.27. The van der Waals surface area contributed by atoms with Crippen molar-refractivity contribution in [2.24, 2.45) is 5.92 Å². The lowest BCUT2D eigenvalue weighted by molar-refractivity contribution is -0.385. The molecule has 0 saturated carbocycles. The van der Waals surface area contributed by atoms with Gasteiger partial charge in [0.1, 0.15) is 17.9 Å². The van der Waals surface area contributed by atoms with Crippen molar-refractivity contribution in [3.05, 3.63) is 68.2 Å². The van der Waals surface area contributed by atoms with Crippen LogP contribution in [0.15, 0.2) is 36.4 Å². The summed E-state index contributed by atoms with van der Waals surface area (Å²) in [6, 6.07) is 6.80. The summed E-state index contributed by atoms with van der Waals surface area (Å²) in [7, 11) is 1.47. The van der Waals surface area contributed by atoms with E-state index in [-0.39, 0.29) is 24.9 Å². The van der Waals surface area contributed by atoms with Crippen molar-refractivity contribution in [1.29, 1.82) is 0 Å². The fourth-order valence-electron chi connectivity index (χ4n) is 4.07. The molecule has 13 heteroatoms. The number of aromatic carboxylic acids is 1. The molecular weight excluding hydrogens is 508 g/mol. The van der Waals surface area contributed by atoms with Crippen LogP contribution in [0.2, 0.25) is 5.02 Å². The fraction of sp³-hybridized carbons (Fsp3) is 0.333. The monoisotopic (exact) mass is 532 g/mol. The van der Waals surface area contributed by atoms with Gasteiger partial charge in [-0.1, -0.05) is 24.6 Å². The highest BCUT2D eigenvalue weighted by Gasteiger charge is 2.35. The third-order valence-electron chi connectivity index (χ3n) is 5.97. The summed E-state index contributed by atoms with van der Waals surface area (Å²) >= 11 is 6.09. The van der Waals surface area contributed by atoms with Crippen LogP contribution in [0.4, 0.5) is 10.5 Å². The van der Waals surface area contributed by atoms with E-state index in [4.69, 9.17) is 16.3 Å². The summed E-state index contributed by atoms with van der Waals surface area (Å²) in [5.41, 5.74) is -0.214. The summed E-state index contributed by atoms with van der Waals surface area (Å²) in [5, 5.41) is 26.3. The van der Waals surface area contributed by atoms with Crippen molar-refractivity contribution in [2.75, 3.05) is 20.2 Å². The number of ether oxygens (including phenoxy) is 1. The highest BCUT2D eigenvalue weighted by molar-refractivity contribution is 6.30. The molecule has 37 heavy (non-hydrogen) atoms. The lowest BCUT2D eigenvalue weighted by Gasteiger charge is -2.25. The molecule has 196 valence electrons. The number of amides is 4. The standard InChI is InChI=1S/C24H25ClN4O8/c1-3-18(13-4-6-17(23(32)33)19(10-13)29(35)36)27-24(34)28-12-21(30)26-11-15(22(28)31)8-14-9-16(25)5-7-20(14)37-2/h4-7,9-10,15,18H,3,8,11-12H2,1-2H3,(H,26,30)(H,27,34)(H,32,33)/t15-,18+/m0/s1. The average Bonchev–Trinajstić information content (AvgIpc) is 3.00. The first-order valence-electron chi connectivity index (χ1n) is 11.3. The number of nitrogens with zero attached hydrogens (tertiary/aromatic N) is 2. The highest BCUT2D eigenvalue weighted by atomic mass is 35.5. The van der Waals surface area contributed by atoms with E-state index in [9.17, 15) is 34.4 Å². The quantitative estimate of drug-likeness (QED) is 0.344. The molecule has 1 fully saturated rings. The van der Waals surface area contributed by atoms with Gasteiger partial charge in [0.25, 0.3) is 5.69 Å². The number of carboxylic acid groups (broad SMARTS) is 1. The predicted molar refractivity (Wildman–Crippen MR) is 132 cm³/mol. The largest absolute Gasteiger partial charge is 0.496 e. The van der Waals surface area contributed by atoms with Crippen molar-refractivity contribution in [2.45, 2.75) is 25.8 Å². The van der Waals surface area contributed by atoms with Crippen molar-refractivity contribution < 1.29 is 33.9 Å². The molecular formula is C24H25ClN4O8. The lowest BCUT2D eigenvalue weighted by atomic mass is 9.97. The van der Waals surface area contributed by atoms with Crippen molar-refractivity contribution in [3.8, 4) is 5.75 Å². The molecule has 0 unspecified atom stereocenters. The number of carbonyl (C=O) groups is 4. The minimum Gasteiger partial charge on any atom is -0.496 e. The number of rotatable bonds is 8. The second-order valence-corrected chi connectivity index (χ2v) is 8.77. The van der Waals surface area contributed by atoms with Crippen molar-refractivity contribution in [3.63, 3.8) is 0 Å². The minimum atomic E-state index is -1.46. The molecule has 0 bridgehead atoms. The van der Waals surface area contributed by atoms with Gasteiger partial charge in [-0.2, -0.15) is 0 Å². The summed E-state index contributed by atoms with van der Waals surface area (Å²) in [6.07, 6.45) is 0.416. The van der Waals surface area contributed by atoms with Gasteiger partial charge in [-0.3, -0.25) is 24.6 Å². The van der Waals surface area contributed by atoms with Gasteiger partial charge >= 0.3 is 12.0 Å². The van der Waals surface area contributed by atoms with E-state index in [1.165, 1.54) is 13.2 Å². The van der Waals surface area contributed by atoms with Crippen LogP contribution in [0.25, 0.3) is 0 Å². The van der Waals surface area contributed by atoms with E-state index in [2.05, 4.69) is 10.6 Å². The van der Waals surface area contributed by atoms with Gasteiger partial charge in [0, 0.05) is 17.6 Å². The van der Waals surface area contributed by atoms with E-state index < -0.39 is 58.5 Å². The number of carbonyl (C=O) groups excluding carboxylic acids is 3. The second-order valence-electron chi connectivity index (χ2n) is 8.33. The number of hydrogen-bond acceptors (Lipinski definition) is 7. The molecule has 0 radical (unpaired) electrons. The molecule has 1 saturated heterocycles. The number of nitrogens with one attached hydrogen (secondary N) is 2. The molecule has 1 aliphatic heterocycles. The van der Waals surface area contributed by atoms with Gasteiger partial charge in [0.2, 0.25) is 11.8 Å². The predicted octanol–water partition coefficient (Wildman–Crippen LogP) is 2.93. The summed E-state index contributed by atoms with van der Waals surface area (Å²) < 4.78 is 5.33. The Hall–Kier alpha value is -4.19. The van der Waals surface area contributed by atoms with E-state index in [1.54, 1.807) is 25.1 Å². The molecule has 3 N–H and O–H groups in total. The number of nitro benzene ring substituents is 1. The maximum Gasteiger partial charge on any atom is 0.342 e. The lowest BCUT2D eigenvalue weighted by Crippen LogP contribution is -2.48. The first-order valence-corrected chi connectivity index (χ1v) is 11.7. The van der Waals surface area contributed by atoms with Gasteiger partial charge < -0.3 is 20.5 Å². The molecule has 2 aromatic rings. The summed E-state index contributed by atoms with van der Waals surface area (Å²) in [4.78, 5) is 61.5. The number of benzene rings is 2. The molecule has 12 nitrogen and oxygen atoms in total. The van der Waals surface area contributed by atoms with E-state index in [0.717, 1.165) is 17.0 Å². The first-order chi connectivity index (χ1) is 17.5. The van der Waals surface area contributed by atoms with E-state index in [0.29, 0.717) is 16.3 Å². The Kier molecular flexibility index (Phi) is 8.66. The normalized spacial score (nSPS) is 16.4. The first kappa shape index (κ1) is 27.4. The minimum absolute atomic E-state index is 0.00281. The zero-order chi connectivity index (χ0) is 27.3. The van der Waals surface area contributed by atoms with Crippen LogP contribution in [-0.2, 0) is 16.0 Å². The summed E-state index contributed by atoms with van der Waals surface area (Å²) in [6.45, 7) is 1.19. The number of carboxylic acids is 1. The third kappa shape index (κ3) is 6.33. The third-order valence-corrected chi connectivity index (χ3v) is 6.21. The number of halogens is 1. The number of nitro groups is 1. The Morgan fingerprint density at radius 2 is 2.03 bits per heavy atom. The van der Waals surface area contributed by atoms with Gasteiger partial charge in [-0.15, -0.1) is 0 Å². The molecule has 0 aliphatic carbocycles. The van der Waals surface area contributed by atoms with Crippen LogP contribution in [0, 0.1) is 16.0 Å². The second kappa shape index (κ2) is 11.7. The molecule has 1 heterocycles. The Morgan fingerprint density at radius 1 is 1.30 bits per heavy atom. The summed E-state index contributed by atoms with van der Waals surface area (Å²) in [5.74, 6) is -2.88. The molecule has 2 aromatic carbocycles. The topological polar surface area (TPSA) is 168 Å². The van der Waals surface area contributed by atoms with Crippen LogP contribution < -0.4 is 15.4 Å². The van der Waals surface area contributed by atoms with E-state index in [1.807, 2.05) is 0 Å². The number of methoxy groups -OCH3 is 1. The van der Waals surface area contributed by atoms with Crippen molar-refractivity contribution in [1.82, 2.24) is 15.5 Å². The van der Waals surface area contributed by atoms with E-state index >= 15 is 0 Å². The highest BCUT2D eigenvalue weighted by Crippen LogP contribution is 2.28. The molecule has 0 aromatic heterocycles. The average molecular weight is 533 g/mol. The molecule has 2 atom stereocenters. The zero-order valence-electron chi connectivity index (χ0n) is 20.0. The van der Waals surface area contributed by atoms with Crippen LogP contribution in [0.1, 0.15) is 40.9 Å². The van der Waals surface area contributed by atoms with Crippen LogP contribution in [-0.4, -0.2) is 58.9 Å². The van der Waals surface area contributed by atoms with Crippen LogP contribution in [0.3, 0.4) is 0 Å². The molecule has 0 spiro atoms. The molecule has 1 aliphatic rings. The van der Waals surface area contributed by atoms with Crippen molar-refractivity contribution >= 4 is 41.1 Å². The van der Waals surface area contributed by atoms with Gasteiger partial charge in [0.05, 0.1) is 24.0 Å². The Bertz CT molecular complexity index is 1250. The van der Waals surface area contributed by atoms with Crippen LogP contribution >= 0.6 is 11.6 Å². The number of hydrogen-bond donors (Lipinski definition) is 3. The maximum atomic E-state index is 13.3. The smallest absolute Gasteiger partial charge is 0.342 e.